The monoisotopic (exact) mass is 297 g/mol. The third-order valence-corrected chi connectivity index (χ3v) is 3.46. The van der Waals surface area contributed by atoms with Gasteiger partial charge >= 0.3 is 0 Å². The fourth-order valence-electron chi connectivity index (χ4n) is 2.21. The van der Waals surface area contributed by atoms with Gasteiger partial charge in [-0.1, -0.05) is 30.9 Å². The van der Waals surface area contributed by atoms with Crippen LogP contribution in [0.5, 0.6) is 11.5 Å². The van der Waals surface area contributed by atoms with Crippen molar-refractivity contribution in [1.29, 1.82) is 0 Å². The smallest absolute Gasteiger partial charge is 0.161 e. The van der Waals surface area contributed by atoms with E-state index in [1.807, 2.05) is 18.2 Å². The lowest BCUT2D eigenvalue weighted by Crippen LogP contribution is -2.03. The highest BCUT2D eigenvalue weighted by molar-refractivity contribution is 5.53. The molecule has 0 radical (unpaired) electrons. The van der Waals surface area contributed by atoms with E-state index in [4.69, 9.17) is 9.47 Å². The second-order valence-electron chi connectivity index (χ2n) is 5.26. The molecular formula is C19H23NO2. The SMILES string of the molecule is C=CCOc1ccc(CNc2cc(C)ccc2C)cc1OC. The lowest BCUT2D eigenvalue weighted by molar-refractivity contribution is 0.326. The number of nitrogens with one attached hydrogen (secondary N) is 1. The van der Waals surface area contributed by atoms with Gasteiger partial charge in [0.15, 0.2) is 11.5 Å². The maximum Gasteiger partial charge on any atom is 0.161 e. The summed E-state index contributed by atoms with van der Waals surface area (Å²) in [5.74, 6) is 1.47. The maximum absolute atomic E-state index is 5.57. The Labute approximate surface area is 132 Å². The van der Waals surface area contributed by atoms with Gasteiger partial charge in [0.05, 0.1) is 7.11 Å². The molecule has 0 bridgehead atoms. The summed E-state index contributed by atoms with van der Waals surface area (Å²) < 4.78 is 11.0. The van der Waals surface area contributed by atoms with Crippen molar-refractivity contribution in [2.45, 2.75) is 20.4 Å². The zero-order chi connectivity index (χ0) is 15.9. The molecule has 0 amide bonds. The van der Waals surface area contributed by atoms with Crippen LogP contribution in [0.2, 0.25) is 0 Å². The van der Waals surface area contributed by atoms with Gasteiger partial charge in [-0.2, -0.15) is 0 Å². The van der Waals surface area contributed by atoms with Gasteiger partial charge in [0.2, 0.25) is 0 Å². The van der Waals surface area contributed by atoms with E-state index in [2.05, 4.69) is 43.9 Å². The van der Waals surface area contributed by atoms with Crippen molar-refractivity contribution in [1.82, 2.24) is 0 Å². The van der Waals surface area contributed by atoms with Gasteiger partial charge in [-0.3, -0.25) is 0 Å². The van der Waals surface area contributed by atoms with Gasteiger partial charge < -0.3 is 14.8 Å². The van der Waals surface area contributed by atoms with Crippen LogP contribution in [0.1, 0.15) is 16.7 Å². The van der Waals surface area contributed by atoms with E-state index in [1.54, 1.807) is 13.2 Å². The van der Waals surface area contributed by atoms with Gasteiger partial charge in [-0.05, 0) is 48.7 Å². The summed E-state index contributed by atoms with van der Waals surface area (Å²) in [5.41, 5.74) is 4.79. The van der Waals surface area contributed by atoms with Crippen molar-refractivity contribution in [3.05, 3.63) is 65.7 Å². The van der Waals surface area contributed by atoms with E-state index in [0.717, 1.165) is 29.3 Å². The largest absolute Gasteiger partial charge is 0.493 e. The second kappa shape index (κ2) is 7.55. The van der Waals surface area contributed by atoms with Crippen LogP contribution in [0.4, 0.5) is 5.69 Å². The minimum absolute atomic E-state index is 0.469. The van der Waals surface area contributed by atoms with Crippen LogP contribution in [-0.2, 0) is 6.54 Å². The highest BCUT2D eigenvalue weighted by Gasteiger charge is 2.06. The standard InChI is InChI=1S/C19H23NO2/c1-5-10-22-18-9-8-16(12-19(18)21-4)13-20-17-11-14(2)6-7-15(17)3/h5-9,11-12,20H,1,10,13H2,2-4H3. The molecule has 0 aliphatic rings. The number of hydrogen-bond acceptors (Lipinski definition) is 3. The van der Waals surface area contributed by atoms with Gasteiger partial charge in [0, 0.05) is 12.2 Å². The van der Waals surface area contributed by atoms with Crippen molar-refractivity contribution >= 4 is 5.69 Å². The maximum atomic E-state index is 5.57. The molecule has 2 aromatic carbocycles. The fraction of sp³-hybridized carbons (Fsp3) is 0.263. The Kier molecular flexibility index (Phi) is 5.48. The molecule has 0 aliphatic heterocycles. The molecule has 116 valence electrons. The van der Waals surface area contributed by atoms with Crippen LogP contribution in [0.15, 0.2) is 49.1 Å². The molecule has 22 heavy (non-hydrogen) atoms. The topological polar surface area (TPSA) is 30.5 Å². The Bertz CT molecular complexity index is 650. The average Bonchev–Trinajstić information content (AvgIpc) is 2.54. The lowest BCUT2D eigenvalue weighted by Gasteiger charge is -2.13. The Morgan fingerprint density at radius 1 is 1.09 bits per heavy atom. The third-order valence-electron chi connectivity index (χ3n) is 3.46. The molecule has 3 nitrogen and oxygen atoms in total. The van der Waals surface area contributed by atoms with Crippen molar-refractivity contribution in [3.63, 3.8) is 0 Å². The minimum atomic E-state index is 0.469. The molecule has 0 spiro atoms. The molecule has 0 saturated carbocycles. The second-order valence-corrected chi connectivity index (χ2v) is 5.26. The van der Waals surface area contributed by atoms with E-state index >= 15 is 0 Å². The van der Waals surface area contributed by atoms with E-state index in [0.29, 0.717) is 6.61 Å². The van der Waals surface area contributed by atoms with E-state index < -0.39 is 0 Å². The first-order chi connectivity index (χ1) is 10.6. The van der Waals surface area contributed by atoms with Crippen LogP contribution < -0.4 is 14.8 Å². The number of benzene rings is 2. The number of hydrogen-bond donors (Lipinski definition) is 1. The molecule has 3 heteroatoms. The summed E-state index contributed by atoms with van der Waals surface area (Å²) in [6.45, 7) is 9.06. The fourth-order valence-corrected chi connectivity index (χ4v) is 2.21. The molecule has 0 fully saturated rings. The predicted molar refractivity (Wildman–Crippen MR) is 91.9 cm³/mol. The molecule has 0 atom stereocenters. The number of methoxy groups -OCH3 is 1. The molecule has 0 saturated heterocycles. The summed E-state index contributed by atoms with van der Waals surface area (Å²) in [4.78, 5) is 0. The Morgan fingerprint density at radius 3 is 2.64 bits per heavy atom. The summed E-state index contributed by atoms with van der Waals surface area (Å²) in [6.07, 6.45) is 1.72. The van der Waals surface area contributed by atoms with Crippen LogP contribution in [-0.4, -0.2) is 13.7 Å². The number of anilines is 1. The molecular weight excluding hydrogens is 274 g/mol. The summed E-state index contributed by atoms with van der Waals surface area (Å²) >= 11 is 0. The van der Waals surface area contributed by atoms with E-state index in [9.17, 15) is 0 Å². The first-order valence-electron chi connectivity index (χ1n) is 7.35. The number of ether oxygens (including phenoxy) is 2. The first-order valence-corrected chi connectivity index (χ1v) is 7.35. The minimum Gasteiger partial charge on any atom is -0.493 e. The molecule has 0 aromatic heterocycles. The van der Waals surface area contributed by atoms with Gasteiger partial charge in [0.1, 0.15) is 6.61 Å². The summed E-state index contributed by atoms with van der Waals surface area (Å²) in [7, 11) is 1.65. The van der Waals surface area contributed by atoms with Crippen LogP contribution in [0.25, 0.3) is 0 Å². The third kappa shape index (κ3) is 4.04. The van der Waals surface area contributed by atoms with Crippen molar-refractivity contribution < 1.29 is 9.47 Å². The quantitative estimate of drug-likeness (QED) is 0.764. The van der Waals surface area contributed by atoms with Crippen LogP contribution in [0, 0.1) is 13.8 Å². The van der Waals surface area contributed by atoms with Crippen LogP contribution >= 0.6 is 0 Å². The zero-order valence-corrected chi connectivity index (χ0v) is 13.5. The Balaban J connectivity index is 2.09. The summed E-state index contributed by atoms with van der Waals surface area (Å²) in [6, 6.07) is 12.4. The predicted octanol–water partition coefficient (Wildman–Crippen LogP) is 4.49. The molecule has 2 rings (SSSR count). The van der Waals surface area contributed by atoms with Gasteiger partial charge in [0.25, 0.3) is 0 Å². The van der Waals surface area contributed by atoms with Crippen molar-refractivity contribution in [2.75, 3.05) is 19.0 Å². The average molecular weight is 297 g/mol. The molecule has 0 heterocycles. The van der Waals surface area contributed by atoms with Gasteiger partial charge in [-0.15, -0.1) is 0 Å². The van der Waals surface area contributed by atoms with Crippen molar-refractivity contribution in [3.8, 4) is 11.5 Å². The van der Waals surface area contributed by atoms with Crippen molar-refractivity contribution in [2.24, 2.45) is 0 Å². The van der Waals surface area contributed by atoms with Gasteiger partial charge in [-0.25, -0.2) is 0 Å². The Morgan fingerprint density at radius 2 is 1.91 bits per heavy atom. The highest BCUT2D eigenvalue weighted by atomic mass is 16.5. The molecule has 0 unspecified atom stereocenters. The van der Waals surface area contributed by atoms with E-state index in [-0.39, 0.29) is 0 Å². The van der Waals surface area contributed by atoms with E-state index in [1.165, 1.54) is 11.1 Å². The zero-order valence-electron chi connectivity index (χ0n) is 13.5. The number of aryl methyl sites for hydroxylation is 2. The molecule has 1 N–H and O–H groups in total. The Hall–Kier alpha value is -2.42. The normalized spacial score (nSPS) is 10.1. The van der Waals surface area contributed by atoms with Crippen LogP contribution in [0.3, 0.4) is 0 Å². The highest BCUT2D eigenvalue weighted by Crippen LogP contribution is 2.28. The molecule has 0 aliphatic carbocycles. The number of rotatable bonds is 7. The summed E-state index contributed by atoms with van der Waals surface area (Å²) in [5, 5.41) is 3.47. The first kappa shape index (κ1) is 16.0. The molecule has 2 aromatic rings. The lowest BCUT2D eigenvalue weighted by atomic mass is 10.1.